The average Bonchev–Trinajstić information content (AvgIpc) is 3.18. The molecule has 8 heteroatoms. The third-order valence-corrected chi connectivity index (χ3v) is 4.95. The van der Waals surface area contributed by atoms with Crippen LogP contribution in [-0.4, -0.2) is 41.4 Å². The van der Waals surface area contributed by atoms with Gasteiger partial charge in [0.1, 0.15) is 29.1 Å². The molecule has 1 aromatic heterocycles. The first-order valence-electron chi connectivity index (χ1n) is 9.27. The number of fused-ring (bicyclic) bond motifs is 1. The summed E-state index contributed by atoms with van der Waals surface area (Å²) in [4.78, 5) is 15.2. The molecule has 2 heterocycles. The number of ether oxygens (including phenoxy) is 1. The summed E-state index contributed by atoms with van der Waals surface area (Å²) in [6.45, 7) is 2.68. The van der Waals surface area contributed by atoms with Crippen LogP contribution in [0.2, 0.25) is 0 Å². The highest BCUT2D eigenvalue weighted by atomic mass is 19.2. The van der Waals surface area contributed by atoms with Crippen molar-refractivity contribution in [1.82, 2.24) is 4.90 Å². The molecule has 0 saturated carbocycles. The molecule has 29 heavy (non-hydrogen) atoms. The van der Waals surface area contributed by atoms with Crippen LogP contribution in [0, 0.1) is 11.6 Å². The number of aromatic hydroxyl groups is 2. The molecule has 0 aliphatic carbocycles. The minimum atomic E-state index is -1.10. The lowest BCUT2D eigenvalue weighted by Gasteiger charge is -2.16. The summed E-state index contributed by atoms with van der Waals surface area (Å²) in [5.41, 5.74) is -0.661. The molecular formula is C21H19F2NO5. The molecule has 1 fully saturated rings. The van der Waals surface area contributed by atoms with Gasteiger partial charge in [0, 0.05) is 24.2 Å². The summed E-state index contributed by atoms with van der Waals surface area (Å²) in [5.74, 6) is -3.22. The second kappa shape index (κ2) is 7.71. The summed E-state index contributed by atoms with van der Waals surface area (Å²) in [6.07, 6.45) is 2.21. The largest absolute Gasteiger partial charge is 0.508 e. The van der Waals surface area contributed by atoms with Gasteiger partial charge < -0.3 is 19.4 Å². The molecule has 0 amide bonds. The standard InChI is InChI=1S/C21H19F2NO5/c22-14-4-3-12(9-15(14)23)20-21(28-8-7-24-5-1-2-6-24)19(27)18-16(26)10-13(25)11-17(18)29-20/h3-4,9-11,25-26H,1-2,5-8H2. The number of phenolic OH excluding ortho intramolecular Hbond substituents is 2. The average molecular weight is 403 g/mol. The molecular weight excluding hydrogens is 384 g/mol. The van der Waals surface area contributed by atoms with Crippen LogP contribution in [0.1, 0.15) is 12.8 Å². The number of rotatable bonds is 5. The van der Waals surface area contributed by atoms with E-state index in [9.17, 15) is 23.8 Å². The molecule has 2 N–H and O–H groups in total. The number of hydrogen-bond acceptors (Lipinski definition) is 6. The maximum Gasteiger partial charge on any atom is 0.239 e. The molecule has 0 atom stereocenters. The first-order valence-corrected chi connectivity index (χ1v) is 9.27. The van der Waals surface area contributed by atoms with Crippen molar-refractivity contribution in [3.05, 3.63) is 52.2 Å². The smallest absolute Gasteiger partial charge is 0.239 e. The summed E-state index contributed by atoms with van der Waals surface area (Å²) >= 11 is 0. The molecule has 3 aromatic rings. The van der Waals surface area contributed by atoms with E-state index in [2.05, 4.69) is 4.90 Å². The molecule has 0 spiro atoms. The Hall–Kier alpha value is -3.13. The second-order valence-electron chi connectivity index (χ2n) is 6.95. The van der Waals surface area contributed by atoms with Crippen LogP contribution in [0.5, 0.6) is 17.2 Å². The van der Waals surface area contributed by atoms with Gasteiger partial charge >= 0.3 is 0 Å². The highest BCUT2D eigenvalue weighted by Crippen LogP contribution is 2.36. The van der Waals surface area contributed by atoms with Crippen LogP contribution in [0.15, 0.2) is 39.5 Å². The Kier molecular flexibility index (Phi) is 5.10. The van der Waals surface area contributed by atoms with Gasteiger partial charge in [-0.05, 0) is 44.1 Å². The van der Waals surface area contributed by atoms with Crippen LogP contribution in [0.4, 0.5) is 8.78 Å². The third-order valence-electron chi connectivity index (χ3n) is 4.95. The number of halogens is 2. The molecule has 0 bridgehead atoms. The van der Waals surface area contributed by atoms with E-state index >= 15 is 0 Å². The predicted octanol–water partition coefficient (Wildman–Crippen LogP) is 3.62. The fourth-order valence-electron chi connectivity index (χ4n) is 3.51. The number of phenols is 2. The number of nitrogens with zero attached hydrogens (tertiary/aromatic N) is 1. The van der Waals surface area contributed by atoms with E-state index in [-0.39, 0.29) is 40.4 Å². The van der Waals surface area contributed by atoms with E-state index < -0.39 is 22.8 Å². The van der Waals surface area contributed by atoms with Gasteiger partial charge in [-0.1, -0.05) is 0 Å². The topological polar surface area (TPSA) is 83.1 Å². The monoisotopic (exact) mass is 403 g/mol. The lowest BCUT2D eigenvalue weighted by molar-refractivity contribution is 0.234. The zero-order valence-corrected chi connectivity index (χ0v) is 15.5. The van der Waals surface area contributed by atoms with Gasteiger partial charge in [-0.25, -0.2) is 8.78 Å². The first-order chi connectivity index (χ1) is 13.9. The lowest BCUT2D eigenvalue weighted by atomic mass is 10.1. The Morgan fingerprint density at radius 3 is 2.55 bits per heavy atom. The Balaban J connectivity index is 1.81. The van der Waals surface area contributed by atoms with Crippen LogP contribution in [-0.2, 0) is 0 Å². The van der Waals surface area contributed by atoms with E-state index in [0.717, 1.165) is 50.2 Å². The zero-order chi connectivity index (χ0) is 20.5. The summed E-state index contributed by atoms with van der Waals surface area (Å²) in [5, 5.41) is 19.6. The van der Waals surface area contributed by atoms with Gasteiger partial charge in [-0.2, -0.15) is 0 Å². The minimum Gasteiger partial charge on any atom is -0.508 e. The van der Waals surface area contributed by atoms with E-state index in [1.54, 1.807) is 0 Å². The molecule has 1 aliphatic heterocycles. The van der Waals surface area contributed by atoms with E-state index in [4.69, 9.17) is 9.15 Å². The molecule has 0 radical (unpaired) electrons. The Morgan fingerprint density at radius 1 is 1.07 bits per heavy atom. The molecule has 152 valence electrons. The maximum absolute atomic E-state index is 13.8. The second-order valence-corrected chi connectivity index (χ2v) is 6.95. The third kappa shape index (κ3) is 3.75. The zero-order valence-electron chi connectivity index (χ0n) is 15.5. The van der Waals surface area contributed by atoms with Crippen LogP contribution in [0.25, 0.3) is 22.3 Å². The highest BCUT2D eigenvalue weighted by Gasteiger charge is 2.22. The van der Waals surface area contributed by atoms with Gasteiger partial charge in [0.05, 0.1) is 0 Å². The fourth-order valence-corrected chi connectivity index (χ4v) is 3.51. The van der Waals surface area contributed by atoms with Crippen molar-refractivity contribution in [1.29, 1.82) is 0 Å². The normalized spacial score (nSPS) is 14.6. The summed E-state index contributed by atoms with van der Waals surface area (Å²) in [6, 6.07) is 5.26. The first kappa shape index (κ1) is 19.2. The molecule has 1 saturated heterocycles. The van der Waals surface area contributed by atoms with Gasteiger partial charge in [0.15, 0.2) is 17.4 Å². The quantitative estimate of drug-likeness (QED) is 0.677. The van der Waals surface area contributed by atoms with Crippen molar-refractivity contribution in [2.24, 2.45) is 0 Å². The molecule has 0 unspecified atom stereocenters. The molecule has 1 aliphatic rings. The van der Waals surface area contributed by atoms with Gasteiger partial charge in [-0.3, -0.25) is 9.69 Å². The van der Waals surface area contributed by atoms with Gasteiger partial charge in [0.25, 0.3) is 0 Å². The van der Waals surface area contributed by atoms with Crippen LogP contribution in [0.3, 0.4) is 0 Å². The van der Waals surface area contributed by atoms with Crippen molar-refractivity contribution in [2.75, 3.05) is 26.2 Å². The Bertz CT molecular complexity index is 1120. The van der Waals surface area contributed by atoms with Crippen molar-refractivity contribution < 1.29 is 28.1 Å². The Labute approximate surface area is 164 Å². The van der Waals surface area contributed by atoms with Gasteiger partial charge in [-0.15, -0.1) is 0 Å². The lowest BCUT2D eigenvalue weighted by Crippen LogP contribution is -2.26. The summed E-state index contributed by atoms with van der Waals surface area (Å²) in [7, 11) is 0. The van der Waals surface area contributed by atoms with Crippen LogP contribution >= 0.6 is 0 Å². The summed E-state index contributed by atoms with van der Waals surface area (Å²) < 4.78 is 38.5. The predicted molar refractivity (Wildman–Crippen MR) is 102 cm³/mol. The van der Waals surface area contributed by atoms with Crippen molar-refractivity contribution in [3.63, 3.8) is 0 Å². The van der Waals surface area contributed by atoms with E-state index in [0.29, 0.717) is 6.54 Å². The fraction of sp³-hybridized carbons (Fsp3) is 0.286. The van der Waals surface area contributed by atoms with E-state index in [1.165, 1.54) is 6.07 Å². The Morgan fingerprint density at radius 2 is 1.83 bits per heavy atom. The van der Waals surface area contributed by atoms with Crippen molar-refractivity contribution in [3.8, 4) is 28.6 Å². The van der Waals surface area contributed by atoms with Gasteiger partial charge in [0.2, 0.25) is 11.2 Å². The number of benzene rings is 2. The molecule has 2 aromatic carbocycles. The van der Waals surface area contributed by atoms with E-state index in [1.807, 2.05) is 0 Å². The molecule has 4 rings (SSSR count). The molecule has 6 nitrogen and oxygen atoms in total. The van der Waals surface area contributed by atoms with Crippen LogP contribution < -0.4 is 10.2 Å². The van der Waals surface area contributed by atoms with Crippen molar-refractivity contribution >= 4 is 11.0 Å². The number of likely N-dealkylation sites (tertiary alicyclic amines) is 1. The highest BCUT2D eigenvalue weighted by molar-refractivity contribution is 5.88. The minimum absolute atomic E-state index is 0.0980. The maximum atomic E-state index is 13.8. The SMILES string of the molecule is O=c1c(OCCN2CCCC2)c(-c2ccc(F)c(F)c2)oc2cc(O)cc(O)c12. The number of hydrogen-bond donors (Lipinski definition) is 2. The van der Waals surface area contributed by atoms with Crippen molar-refractivity contribution in [2.45, 2.75) is 12.8 Å².